The maximum absolute atomic E-state index is 11.9. The Kier molecular flexibility index (Phi) is 4.50. The molecule has 0 heterocycles. The molecule has 3 heteroatoms. The van der Waals surface area contributed by atoms with Crippen LogP contribution in [0.15, 0.2) is 12.1 Å². The summed E-state index contributed by atoms with van der Waals surface area (Å²) in [7, 11) is 1.63. The van der Waals surface area contributed by atoms with Crippen molar-refractivity contribution < 1.29 is 9.53 Å². The van der Waals surface area contributed by atoms with Crippen LogP contribution in [0.25, 0.3) is 0 Å². The Hall–Kier alpha value is -1.35. The molecule has 0 spiro atoms. The van der Waals surface area contributed by atoms with E-state index in [2.05, 4.69) is 0 Å². The first-order valence-electron chi connectivity index (χ1n) is 5.48. The molecule has 0 saturated carbocycles. The lowest BCUT2D eigenvalue weighted by molar-refractivity contribution is 0.0979. The van der Waals surface area contributed by atoms with E-state index in [1.807, 2.05) is 26.0 Å². The molecule has 1 aromatic rings. The lowest BCUT2D eigenvalue weighted by Crippen LogP contribution is -2.08. The molecule has 0 fully saturated rings. The molecule has 0 bridgehead atoms. The van der Waals surface area contributed by atoms with E-state index in [0.717, 1.165) is 28.9 Å². The molecule has 0 aliphatic heterocycles. The molecule has 88 valence electrons. The highest BCUT2D eigenvalue weighted by Crippen LogP contribution is 2.23. The second-order valence-electron chi connectivity index (χ2n) is 3.95. The van der Waals surface area contributed by atoms with Gasteiger partial charge in [-0.25, -0.2) is 0 Å². The van der Waals surface area contributed by atoms with E-state index in [9.17, 15) is 4.79 Å². The summed E-state index contributed by atoms with van der Waals surface area (Å²) in [6, 6.07) is 3.78. The topological polar surface area (TPSA) is 52.3 Å². The molecule has 0 atom stereocenters. The fourth-order valence-corrected chi connectivity index (χ4v) is 1.87. The number of hydrogen-bond donors (Lipinski definition) is 1. The Morgan fingerprint density at radius 3 is 2.31 bits per heavy atom. The Balaban J connectivity index is 3.00. The van der Waals surface area contributed by atoms with Crippen LogP contribution in [0.4, 0.5) is 0 Å². The summed E-state index contributed by atoms with van der Waals surface area (Å²) in [4.78, 5) is 11.9. The van der Waals surface area contributed by atoms with Gasteiger partial charge in [0.2, 0.25) is 0 Å². The van der Waals surface area contributed by atoms with Crippen molar-refractivity contribution in [2.45, 2.75) is 26.7 Å². The van der Waals surface area contributed by atoms with E-state index in [1.54, 1.807) is 7.11 Å². The van der Waals surface area contributed by atoms with E-state index in [1.165, 1.54) is 0 Å². The van der Waals surface area contributed by atoms with Crippen LogP contribution in [0.5, 0.6) is 5.75 Å². The minimum absolute atomic E-state index is 0.170. The second kappa shape index (κ2) is 5.66. The zero-order valence-corrected chi connectivity index (χ0v) is 10.2. The van der Waals surface area contributed by atoms with Crippen molar-refractivity contribution in [3.63, 3.8) is 0 Å². The van der Waals surface area contributed by atoms with Crippen molar-refractivity contribution in [2.24, 2.45) is 5.73 Å². The van der Waals surface area contributed by atoms with Crippen LogP contribution in [-0.4, -0.2) is 19.4 Å². The standard InChI is InChI=1S/C13H19NO2/c1-9-7-11(16-3)8-10(2)13(9)12(15)5-4-6-14/h7-8H,4-6,14H2,1-3H3. The summed E-state index contributed by atoms with van der Waals surface area (Å²) < 4.78 is 5.16. The van der Waals surface area contributed by atoms with Crippen molar-refractivity contribution in [1.82, 2.24) is 0 Å². The fraction of sp³-hybridized carbons (Fsp3) is 0.462. The number of rotatable bonds is 5. The van der Waals surface area contributed by atoms with E-state index >= 15 is 0 Å². The summed E-state index contributed by atoms with van der Waals surface area (Å²) in [5, 5.41) is 0. The van der Waals surface area contributed by atoms with Crippen LogP contribution in [0.3, 0.4) is 0 Å². The average Bonchev–Trinajstić information content (AvgIpc) is 2.25. The fourth-order valence-electron chi connectivity index (χ4n) is 1.87. The second-order valence-corrected chi connectivity index (χ2v) is 3.95. The lowest BCUT2D eigenvalue weighted by atomic mass is 9.96. The molecule has 0 aromatic heterocycles. The van der Waals surface area contributed by atoms with Gasteiger partial charge in [0, 0.05) is 12.0 Å². The molecule has 1 rings (SSSR count). The first kappa shape index (κ1) is 12.7. The number of methoxy groups -OCH3 is 1. The molecule has 0 aliphatic rings. The number of aryl methyl sites for hydroxylation is 2. The number of carbonyl (C=O) groups excluding carboxylic acids is 1. The van der Waals surface area contributed by atoms with Crippen molar-refractivity contribution in [3.05, 3.63) is 28.8 Å². The van der Waals surface area contributed by atoms with Crippen LogP contribution < -0.4 is 10.5 Å². The minimum atomic E-state index is 0.170. The van der Waals surface area contributed by atoms with Gasteiger partial charge in [0.25, 0.3) is 0 Å². The van der Waals surface area contributed by atoms with Gasteiger partial charge in [-0.2, -0.15) is 0 Å². The number of ketones is 1. The maximum atomic E-state index is 11.9. The van der Waals surface area contributed by atoms with Gasteiger partial charge in [0.1, 0.15) is 5.75 Å². The molecule has 3 nitrogen and oxygen atoms in total. The predicted molar refractivity (Wildman–Crippen MR) is 65.1 cm³/mol. The first-order chi connectivity index (χ1) is 7.60. The minimum Gasteiger partial charge on any atom is -0.497 e. The van der Waals surface area contributed by atoms with Gasteiger partial charge in [-0.05, 0) is 50.1 Å². The van der Waals surface area contributed by atoms with Gasteiger partial charge in [0.05, 0.1) is 7.11 Å². The number of hydrogen-bond acceptors (Lipinski definition) is 3. The highest BCUT2D eigenvalue weighted by molar-refractivity contribution is 5.99. The predicted octanol–water partition coefficient (Wildman–Crippen LogP) is 2.23. The molecule has 0 saturated heterocycles. The molecule has 16 heavy (non-hydrogen) atoms. The molecule has 2 N–H and O–H groups in total. The summed E-state index contributed by atoms with van der Waals surface area (Å²) in [5.41, 5.74) is 8.16. The lowest BCUT2D eigenvalue weighted by Gasteiger charge is -2.11. The number of Topliss-reactive ketones (excluding diaryl/α,β-unsaturated/α-hetero) is 1. The monoisotopic (exact) mass is 221 g/mol. The van der Waals surface area contributed by atoms with Crippen molar-refractivity contribution >= 4 is 5.78 Å². The summed E-state index contributed by atoms with van der Waals surface area (Å²) in [6.07, 6.45) is 1.26. The Labute approximate surface area is 96.6 Å². The summed E-state index contributed by atoms with van der Waals surface area (Å²) in [5.74, 6) is 0.966. The maximum Gasteiger partial charge on any atom is 0.163 e. The smallest absolute Gasteiger partial charge is 0.163 e. The summed E-state index contributed by atoms with van der Waals surface area (Å²) >= 11 is 0. The molecule has 0 aliphatic carbocycles. The van der Waals surface area contributed by atoms with Crippen molar-refractivity contribution in [1.29, 1.82) is 0 Å². The third-order valence-corrected chi connectivity index (χ3v) is 2.63. The van der Waals surface area contributed by atoms with E-state index in [-0.39, 0.29) is 5.78 Å². The highest BCUT2D eigenvalue weighted by atomic mass is 16.5. The Morgan fingerprint density at radius 1 is 1.31 bits per heavy atom. The van der Waals surface area contributed by atoms with Crippen LogP contribution in [0.1, 0.15) is 34.3 Å². The quantitative estimate of drug-likeness (QED) is 0.776. The van der Waals surface area contributed by atoms with E-state index in [4.69, 9.17) is 10.5 Å². The SMILES string of the molecule is COc1cc(C)c(C(=O)CCCN)c(C)c1. The number of ether oxygens (including phenoxy) is 1. The van der Waals surface area contributed by atoms with E-state index in [0.29, 0.717) is 13.0 Å². The molecule has 1 aromatic carbocycles. The zero-order chi connectivity index (χ0) is 12.1. The van der Waals surface area contributed by atoms with Crippen LogP contribution in [-0.2, 0) is 0 Å². The normalized spacial score (nSPS) is 10.2. The molecule has 0 amide bonds. The number of benzene rings is 1. The third-order valence-electron chi connectivity index (χ3n) is 2.63. The van der Waals surface area contributed by atoms with Crippen molar-refractivity contribution in [3.8, 4) is 5.75 Å². The Bertz CT molecular complexity index is 363. The third kappa shape index (κ3) is 2.83. The van der Waals surface area contributed by atoms with Crippen LogP contribution >= 0.6 is 0 Å². The van der Waals surface area contributed by atoms with Crippen LogP contribution in [0.2, 0.25) is 0 Å². The molecule has 0 unspecified atom stereocenters. The average molecular weight is 221 g/mol. The van der Waals surface area contributed by atoms with Gasteiger partial charge in [0.15, 0.2) is 5.78 Å². The number of carbonyl (C=O) groups is 1. The zero-order valence-electron chi connectivity index (χ0n) is 10.2. The van der Waals surface area contributed by atoms with Crippen molar-refractivity contribution in [2.75, 3.05) is 13.7 Å². The van der Waals surface area contributed by atoms with Gasteiger partial charge in [-0.3, -0.25) is 4.79 Å². The Morgan fingerprint density at radius 2 is 1.88 bits per heavy atom. The highest BCUT2D eigenvalue weighted by Gasteiger charge is 2.12. The molecular weight excluding hydrogens is 202 g/mol. The first-order valence-corrected chi connectivity index (χ1v) is 5.48. The van der Waals surface area contributed by atoms with Gasteiger partial charge < -0.3 is 10.5 Å². The largest absolute Gasteiger partial charge is 0.497 e. The number of nitrogens with two attached hydrogens (primary N) is 1. The molecule has 0 radical (unpaired) electrons. The van der Waals surface area contributed by atoms with Gasteiger partial charge >= 0.3 is 0 Å². The molecular formula is C13H19NO2. The summed E-state index contributed by atoms with van der Waals surface area (Å²) in [6.45, 7) is 4.43. The van der Waals surface area contributed by atoms with E-state index < -0.39 is 0 Å². The van der Waals surface area contributed by atoms with Crippen LogP contribution in [0, 0.1) is 13.8 Å². The van der Waals surface area contributed by atoms with Gasteiger partial charge in [-0.15, -0.1) is 0 Å². The van der Waals surface area contributed by atoms with Gasteiger partial charge in [-0.1, -0.05) is 0 Å².